The molecule has 2 amide bonds. The van der Waals surface area contributed by atoms with Crippen LogP contribution in [0.25, 0.3) is 5.52 Å². The van der Waals surface area contributed by atoms with Gasteiger partial charge in [0, 0.05) is 43.5 Å². The van der Waals surface area contributed by atoms with Crippen LogP contribution in [0, 0.1) is 5.92 Å². The zero-order valence-electron chi connectivity index (χ0n) is 16.0. The van der Waals surface area contributed by atoms with E-state index in [1.165, 1.54) is 0 Å². The van der Waals surface area contributed by atoms with Gasteiger partial charge in [-0.05, 0) is 50.3 Å². The van der Waals surface area contributed by atoms with Crippen molar-refractivity contribution >= 4 is 17.3 Å². The van der Waals surface area contributed by atoms with E-state index in [0.29, 0.717) is 25.1 Å². The van der Waals surface area contributed by atoms with E-state index in [1.807, 2.05) is 34.2 Å². The number of carbonyl (C=O) groups excluding carboxylic acids is 2. The largest absolute Gasteiger partial charge is 0.374 e. The summed E-state index contributed by atoms with van der Waals surface area (Å²) >= 11 is 0. The highest BCUT2D eigenvalue weighted by atomic mass is 16.5. The fourth-order valence-corrected chi connectivity index (χ4v) is 5.00. The molecule has 1 saturated carbocycles. The molecule has 5 rings (SSSR count). The molecule has 0 unspecified atom stereocenters. The lowest BCUT2D eigenvalue weighted by Crippen LogP contribution is -2.57. The summed E-state index contributed by atoms with van der Waals surface area (Å²) in [7, 11) is 0. The van der Waals surface area contributed by atoms with Crippen LogP contribution >= 0.6 is 0 Å². The molecule has 1 aliphatic carbocycles. The third-order valence-electron chi connectivity index (χ3n) is 6.49. The van der Waals surface area contributed by atoms with Gasteiger partial charge in [0.05, 0.1) is 24.3 Å². The molecule has 3 aliphatic rings. The van der Waals surface area contributed by atoms with E-state index in [1.54, 1.807) is 10.7 Å². The highest BCUT2D eigenvalue weighted by molar-refractivity contribution is 5.95. The van der Waals surface area contributed by atoms with Crippen LogP contribution in [0.1, 0.15) is 42.5 Å². The molecule has 3 atom stereocenters. The number of likely N-dealkylation sites (tertiary alicyclic amines) is 1. The fraction of sp³-hybridized carbons (Fsp3) is 0.571. The standard InChI is InChI=1S/C21H26N4O3/c26-20(23-8-1-2-9-23)15-3-4-19-18(14-15)24(11-12-28-19)21(27)16-6-10-25-17(13-16)5-7-22-25/h5-7,10,13,15,18-19H,1-4,8-9,11-12,14H2/t15-,18+,19+/m0/s1. The Morgan fingerprint density at radius 1 is 1.11 bits per heavy atom. The number of carbonyl (C=O) groups is 2. The normalized spacial score (nSPS) is 27.8. The van der Waals surface area contributed by atoms with Crippen molar-refractivity contribution in [1.29, 1.82) is 0 Å². The molecule has 2 aliphatic heterocycles. The van der Waals surface area contributed by atoms with E-state index in [2.05, 4.69) is 5.10 Å². The summed E-state index contributed by atoms with van der Waals surface area (Å²) in [6.45, 7) is 2.91. The van der Waals surface area contributed by atoms with Gasteiger partial charge in [0.1, 0.15) is 0 Å². The van der Waals surface area contributed by atoms with Crippen LogP contribution in [-0.4, -0.2) is 69.6 Å². The molecule has 7 nitrogen and oxygen atoms in total. The van der Waals surface area contributed by atoms with Gasteiger partial charge in [0.15, 0.2) is 0 Å². The van der Waals surface area contributed by atoms with E-state index < -0.39 is 0 Å². The summed E-state index contributed by atoms with van der Waals surface area (Å²) in [6.07, 6.45) is 8.22. The van der Waals surface area contributed by atoms with Crippen molar-refractivity contribution in [2.45, 2.75) is 44.2 Å². The smallest absolute Gasteiger partial charge is 0.254 e. The Morgan fingerprint density at radius 3 is 2.82 bits per heavy atom. The van der Waals surface area contributed by atoms with Gasteiger partial charge in [-0.3, -0.25) is 9.59 Å². The van der Waals surface area contributed by atoms with Gasteiger partial charge in [-0.1, -0.05) is 0 Å². The Bertz CT molecular complexity index is 889. The number of fused-ring (bicyclic) bond motifs is 2. The predicted octanol–water partition coefficient (Wildman–Crippen LogP) is 1.97. The highest BCUT2D eigenvalue weighted by Gasteiger charge is 2.43. The second kappa shape index (κ2) is 7.20. The summed E-state index contributed by atoms with van der Waals surface area (Å²) in [4.78, 5) is 30.2. The lowest BCUT2D eigenvalue weighted by atomic mass is 9.81. The summed E-state index contributed by atoms with van der Waals surface area (Å²) in [5, 5.41) is 4.19. The Kier molecular flexibility index (Phi) is 4.55. The van der Waals surface area contributed by atoms with Gasteiger partial charge in [0.2, 0.25) is 5.91 Å². The molecule has 2 aromatic rings. The first kappa shape index (κ1) is 17.7. The van der Waals surface area contributed by atoms with E-state index in [9.17, 15) is 9.59 Å². The number of pyridine rings is 1. The lowest BCUT2D eigenvalue weighted by Gasteiger charge is -2.46. The van der Waals surface area contributed by atoms with Crippen LogP contribution in [0.4, 0.5) is 0 Å². The Balaban J connectivity index is 1.36. The Hall–Kier alpha value is -2.41. The van der Waals surface area contributed by atoms with Crippen molar-refractivity contribution in [3.05, 3.63) is 36.2 Å². The average molecular weight is 382 g/mol. The van der Waals surface area contributed by atoms with E-state index in [0.717, 1.165) is 44.3 Å². The molecular weight excluding hydrogens is 356 g/mol. The molecule has 4 heterocycles. The summed E-state index contributed by atoms with van der Waals surface area (Å²) in [5.74, 6) is 0.305. The molecule has 0 bridgehead atoms. The first-order valence-corrected chi connectivity index (χ1v) is 10.4. The van der Waals surface area contributed by atoms with Crippen LogP contribution < -0.4 is 0 Å². The average Bonchev–Trinajstić information content (AvgIpc) is 3.43. The number of ether oxygens (including phenoxy) is 1. The van der Waals surface area contributed by atoms with Gasteiger partial charge in [-0.15, -0.1) is 0 Å². The number of hydrogen-bond acceptors (Lipinski definition) is 4. The number of nitrogens with zero attached hydrogens (tertiary/aromatic N) is 4. The van der Waals surface area contributed by atoms with Crippen molar-refractivity contribution in [3.63, 3.8) is 0 Å². The maximum atomic E-state index is 13.3. The number of amides is 2. The monoisotopic (exact) mass is 382 g/mol. The van der Waals surface area contributed by atoms with Gasteiger partial charge < -0.3 is 14.5 Å². The second-order valence-corrected chi connectivity index (χ2v) is 8.13. The zero-order valence-corrected chi connectivity index (χ0v) is 16.0. The van der Waals surface area contributed by atoms with Crippen LogP contribution in [0.2, 0.25) is 0 Å². The minimum absolute atomic E-state index is 0.00802. The number of rotatable bonds is 2. The van der Waals surface area contributed by atoms with Crippen molar-refractivity contribution in [1.82, 2.24) is 19.4 Å². The van der Waals surface area contributed by atoms with Gasteiger partial charge in [0.25, 0.3) is 5.91 Å². The SMILES string of the molecule is O=C([C@H]1CC[C@H]2OCCN(C(=O)c3ccn4nccc4c3)[C@@H]2C1)N1CCCC1. The number of aromatic nitrogens is 2. The topological polar surface area (TPSA) is 67.1 Å². The van der Waals surface area contributed by atoms with Crippen LogP contribution in [0.3, 0.4) is 0 Å². The quantitative estimate of drug-likeness (QED) is 0.796. The van der Waals surface area contributed by atoms with Gasteiger partial charge in [-0.25, -0.2) is 4.52 Å². The molecule has 0 N–H and O–H groups in total. The molecule has 28 heavy (non-hydrogen) atoms. The van der Waals surface area contributed by atoms with Crippen LogP contribution in [0.15, 0.2) is 30.6 Å². The van der Waals surface area contributed by atoms with Crippen molar-refractivity contribution in [2.24, 2.45) is 5.92 Å². The second-order valence-electron chi connectivity index (χ2n) is 8.13. The van der Waals surface area contributed by atoms with E-state index in [-0.39, 0.29) is 29.9 Å². The third kappa shape index (κ3) is 3.07. The first-order valence-electron chi connectivity index (χ1n) is 10.4. The molecule has 0 aromatic carbocycles. The van der Waals surface area contributed by atoms with Gasteiger partial charge in [-0.2, -0.15) is 5.10 Å². The van der Waals surface area contributed by atoms with Crippen molar-refractivity contribution < 1.29 is 14.3 Å². The molecular formula is C21H26N4O3. The van der Waals surface area contributed by atoms with Gasteiger partial charge >= 0.3 is 0 Å². The molecule has 3 fully saturated rings. The number of morpholine rings is 1. The zero-order chi connectivity index (χ0) is 19.1. The highest BCUT2D eigenvalue weighted by Crippen LogP contribution is 2.34. The van der Waals surface area contributed by atoms with Crippen LogP contribution in [-0.2, 0) is 9.53 Å². The maximum Gasteiger partial charge on any atom is 0.254 e. The van der Waals surface area contributed by atoms with Crippen LogP contribution in [0.5, 0.6) is 0 Å². The summed E-state index contributed by atoms with van der Waals surface area (Å²) in [5.41, 5.74) is 1.57. The minimum atomic E-state index is -0.0207. The van der Waals surface area contributed by atoms with Crippen molar-refractivity contribution in [3.8, 4) is 0 Å². The number of hydrogen-bond donors (Lipinski definition) is 0. The minimum Gasteiger partial charge on any atom is -0.374 e. The van der Waals surface area contributed by atoms with E-state index in [4.69, 9.17) is 4.74 Å². The molecule has 7 heteroatoms. The molecule has 2 saturated heterocycles. The summed E-state index contributed by atoms with van der Waals surface area (Å²) < 4.78 is 7.73. The fourth-order valence-electron chi connectivity index (χ4n) is 5.00. The van der Waals surface area contributed by atoms with Crippen molar-refractivity contribution in [2.75, 3.05) is 26.2 Å². The Morgan fingerprint density at radius 2 is 1.96 bits per heavy atom. The molecule has 148 valence electrons. The maximum absolute atomic E-state index is 13.3. The van der Waals surface area contributed by atoms with E-state index >= 15 is 0 Å². The molecule has 2 aromatic heterocycles. The first-order chi connectivity index (χ1) is 13.7. The summed E-state index contributed by atoms with van der Waals surface area (Å²) in [6, 6.07) is 5.58. The Labute approximate surface area is 164 Å². The molecule has 0 radical (unpaired) electrons. The third-order valence-corrected chi connectivity index (χ3v) is 6.49. The predicted molar refractivity (Wildman–Crippen MR) is 103 cm³/mol. The molecule has 0 spiro atoms. The lowest BCUT2D eigenvalue weighted by molar-refractivity contribution is -0.140.